The fraction of sp³-hybridized carbons (Fsp3) is 0.133. The van der Waals surface area contributed by atoms with Crippen LogP contribution in [0.25, 0.3) is 11.6 Å². The molecule has 21 heavy (non-hydrogen) atoms. The molecule has 1 unspecified atom stereocenters. The molecule has 6 heteroatoms. The summed E-state index contributed by atoms with van der Waals surface area (Å²) in [6.07, 6.45) is 1.75. The molecule has 0 fully saturated rings. The number of nitrogens with one attached hydrogen (secondary N) is 2. The molecule has 0 saturated carbocycles. The summed E-state index contributed by atoms with van der Waals surface area (Å²) in [6.45, 7) is 3.89. The Morgan fingerprint density at radius 2 is 2.00 bits per heavy atom. The van der Waals surface area contributed by atoms with Gasteiger partial charge in [0, 0.05) is 27.5 Å². The number of aromatic amines is 1. The highest BCUT2D eigenvalue weighted by Crippen LogP contribution is 2.34. The molecular formula is C15H13N2O3S-. The van der Waals surface area contributed by atoms with Gasteiger partial charge < -0.3 is 14.9 Å². The number of hydrogen-bond donors (Lipinski definition) is 2. The molecule has 2 aromatic rings. The van der Waals surface area contributed by atoms with Crippen LogP contribution in [0.4, 0.5) is 5.69 Å². The highest BCUT2D eigenvalue weighted by molar-refractivity contribution is 7.79. The van der Waals surface area contributed by atoms with E-state index in [0.29, 0.717) is 16.8 Å². The lowest BCUT2D eigenvalue weighted by atomic mass is 10.1. The molecule has 1 aromatic carbocycles. The van der Waals surface area contributed by atoms with Crippen LogP contribution in [0, 0.1) is 13.8 Å². The molecule has 0 saturated heterocycles. The number of hydrogen-bond acceptors (Lipinski definition) is 3. The first kappa shape index (κ1) is 13.8. The highest BCUT2D eigenvalue weighted by Gasteiger charge is 2.24. The number of carbonyl (C=O) groups excluding carboxylic acids is 1. The smallest absolute Gasteiger partial charge is 0.256 e. The number of anilines is 1. The van der Waals surface area contributed by atoms with Crippen LogP contribution in [-0.4, -0.2) is 19.7 Å². The van der Waals surface area contributed by atoms with Gasteiger partial charge in [-0.05, 0) is 60.8 Å². The van der Waals surface area contributed by atoms with Gasteiger partial charge in [-0.25, -0.2) is 0 Å². The van der Waals surface area contributed by atoms with E-state index in [1.54, 1.807) is 12.1 Å². The first-order valence-corrected chi connectivity index (χ1v) is 7.46. The van der Waals surface area contributed by atoms with Gasteiger partial charge in [0.05, 0.1) is 5.57 Å². The molecule has 2 heterocycles. The number of benzene rings is 1. The maximum absolute atomic E-state index is 12.1. The van der Waals surface area contributed by atoms with Crippen molar-refractivity contribution in [3.05, 3.63) is 46.8 Å². The topological polar surface area (TPSA) is 85.0 Å². The third-order valence-electron chi connectivity index (χ3n) is 3.44. The van der Waals surface area contributed by atoms with Crippen molar-refractivity contribution in [1.82, 2.24) is 4.98 Å². The van der Waals surface area contributed by atoms with Crippen molar-refractivity contribution in [3.63, 3.8) is 0 Å². The minimum absolute atomic E-state index is 0.163. The van der Waals surface area contributed by atoms with Gasteiger partial charge in [0.25, 0.3) is 5.91 Å². The molecule has 3 rings (SSSR count). The number of H-pyrrole nitrogens is 1. The van der Waals surface area contributed by atoms with Crippen LogP contribution in [0.5, 0.6) is 0 Å². The number of aromatic nitrogens is 1. The summed E-state index contributed by atoms with van der Waals surface area (Å²) >= 11 is -2.32. The lowest BCUT2D eigenvalue weighted by molar-refractivity contribution is -0.110. The normalized spacial score (nSPS) is 16.9. The molecule has 0 aliphatic carbocycles. The second-order valence-corrected chi connectivity index (χ2v) is 5.94. The van der Waals surface area contributed by atoms with E-state index < -0.39 is 11.1 Å². The van der Waals surface area contributed by atoms with E-state index >= 15 is 0 Å². The van der Waals surface area contributed by atoms with E-state index in [4.69, 9.17) is 0 Å². The van der Waals surface area contributed by atoms with Crippen LogP contribution >= 0.6 is 0 Å². The van der Waals surface area contributed by atoms with Crippen molar-refractivity contribution in [2.75, 3.05) is 5.32 Å². The lowest BCUT2D eigenvalue weighted by Crippen LogP contribution is -2.03. The fourth-order valence-corrected chi connectivity index (χ4v) is 2.85. The molecule has 108 valence electrons. The third-order valence-corrected chi connectivity index (χ3v) is 4.08. The molecule has 0 spiro atoms. The van der Waals surface area contributed by atoms with Gasteiger partial charge in [0.1, 0.15) is 0 Å². The molecule has 1 amide bonds. The van der Waals surface area contributed by atoms with Crippen LogP contribution in [0.1, 0.15) is 22.5 Å². The maximum atomic E-state index is 12.1. The average Bonchev–Trinajstić information content (AvgIpc) is 2.90. The van der Waals surface area contributed by atoms with Gasteiger partial charge in [-0.3, -0.25) is 9.00 Å². The summed E-state index contributed by atoms with van der Waals surface area (Å²) in [7, 11) is 0. The molecule has 1 aliphatic heterocycles. The minimum Gasteiger partial charge on any atom is -0.768 e. The monoisotopic (exact) mass is 301 g/mol. The lowest BCUT2D eigenvalue weighted by Gasteiger charge is -2.07. The van der Waals surface area contributed by atoms with Crippen molar-refractivity contribution >= 4 is 34.3 Å². The second kappa shape index (κ2) is 4.98. The van der Waals surface area contributed by atoms with Gasteiger partial charge >= 0.3 is 0 Å². The third kappa shape index (κ3) is 2.43. The SMILES string of the molecule is Cc1cc(C)c(C=C2C(=O)Nc3ccc(S(=O)[O-])cc32)[nH]1. The second-order valence-electron chi connectivity index (χ2n) is 5.00. The Bertz CT molecular complexity index is 805. The van der Waals surface area contributed by atoms with Crippen molar-refractivity contribution in [2.24, 2.45) is 0 Å². The van der Waals surface area contributed by atoms with Gasteiger partial charge in [-0.15, -0.1) is 0 Å². The number of amides is 1. The van der Waals surface area contributed by atoms with E-state index in [1.807, 2.05) is 19.9 Å². The largest absolute Gasteiger partial charge is 0.768 e. The number of rotatable bonds is 2. The zero-order chi connectivity index (χ0) is 15.1. The molecule has 2 N–H and O–H groups in total. The Hall–Kier alpha value is -2.18. The predicted molar refractivity (Wildman–Crippen MR) is 80.4 cm³/mol. The highest BCUT2D eigenvalue weighted by atomic mass is 32.2. The molecule has 0 bridgehead atoms. The maximum Gasteiger partial charge on any atom is 0.256 e. The molecular weight excluding hydrogens is 288 g/mol. The van der Waals surface area contributed by atoms with E-state index in [-0.39, 0.29) is 10.8 Å². The molecule has 5 nitrogen and oxygen atoms in total. The first-order valence-electron chi connectivity index (χ1n) is 6.38. The Morgan fingerprint density at radius 1 is 1.24 bits per heavy atom. The van der Waals surface area contributed by atoms with Crippen molar-refractivity contribution in [2.45, 2.75) is 18.7 Å². The first-order chi connectivity index (χ1) is 9.95. The fourth-order valence-electron chi connectivity index (χ4n) is 2.46. The van der Waals surface area contributed by atoms with Crippen LogP contribution in [0.15, 0.2) is 29.2 Å². The molecule has 1 aromatic heterocycles. The summed E-state index contributed by atoms with van der Waals surface area (Å²) in [5.74, 6) is -0.231. The van der Waals surface area contributed by atoms with E-state index in [2.05, 4.69) is 10.3 Å². The summed E-state index contributed by atoms with van der Waals surface area (Å²) in [5.41, 5.74) is 4.58. The molecule has 1 aliphatic rings. The molecule has 1 atom stereocenters. The Kier molecular flexibility index (Phi) is 3.27. The number of fused-ring (bicyclic) bond motifs is 1. The van der Waals surface area contributed by atoms with Gasteiger partial charge in [-0.1, -0.05) is 0 Å². The van der Waals surface area contributed by atoms with Crippen LogP contribution in [0.2, 0.25) is 0 Å². The Morgan fingerprint density at radius 3 is 2.62 bits per heavy atom. The molecule has 0 radical (unpaired) electrons. The number of aryl methyl sites for hydroxylation is 2. The van der Waals surface area contributed by atoms with Gasteiger partial charge in [0.15, 0.2) is 0 Å². The van der Waals surface area contributed by atoms with E-state index in [1.165, 1.54) is 12.1 Å². The van der Waals surface area contributed by atoms with Crippen LogP contribution in [0.3, 0.4) is 0 Å². The zero-order valence-electron chi connectivity index (χ0n) is 11.5. The summed E-state index contributed by atoms with van der Waals surface area (Å²) in [5, 5.41) is 2.74. The summed E-state index contributed by atoms with van der Waals surface area (Å²) in [6, 6.07) is 6.57. The Labute approximate surface area is 124 Å². The standard InChI is InChI=1S/C15H14N2O3S/c1-8-5-9(2)16-14(8)7-12-11-6-10(21(19)20)3-4-13(11)17-15(12)18/h3-7,16H,1-2H3,(H,17,18)(H,19,20)/p-1. The van der Waals surface area contributed by atoms with E-state index in [9.17, 15) is 13.6 Å². The zero-order valence-corrected chi connectivity index (χ0v) is 12.3. The van der Waals surface area contributed by atoms with Gasteiger partial charge in [-0.2, -0.15) is 0 Å². The minimum atomic E-state index is -2.32. The van der Waals surface area contributed by atoms with Crippen LogP contribution in [-0.2, 0) is 15.9 Å². The van der Waals surface area contributed by atoms with Crippen molar-refractivity contribution in [3.8, 4) is 0 Å². The van der Waals surface area contributed by atoms with E-state index in [0.717, 1.165) is 17.0 Å². The van der Waals surface area contributed by atoms with Crippen molar-refractivity contribution in [1.29, 1.82) is 0 Å². The average molecular weight is 301 g/mol. The van der Waals surface area contributed by atoms with Crippen molar-refractivity contribution < 1.29 is 13.6 Å². The summed E-state index contributed by atoms with van der Waals surface area (Å²) in [4.78, 5) is 15.4. The Balaban J connectivity index is 2.13. The predicted octanol–water partition coefficient (Wildman–Crippen LogP) is 2.36. The summed E-state index contributed by atoms with van der Waals surface area (Å²) < 4.78 is 22.1. The number of carbonyl (C=O) groups is 1. The van der Waals surface area contributed by atoms with Gasteiger partial charge in [0.2, 0.25) is 0 Å². The van der Waals surface area contributed by atoms with Crippen LogP contribution < -0.4 is 5.32 Å². The quantitative estimate of drug-likeness (QED) is 0.659.